The van der Waals surface area contributed by atoms with Crippen LogP contribution in [0.1, 0.15) is 12.5 Å². The lowest BCUT2D eigenvalue weighted by molar-refractivity contribution is -0.119. The van der Waals surface area contributed by atoms with Crippen molar-refractivity contribution in [3.05, 3.63) is 60.2 Å². The predicted octanol–water partition coefficient (Wildman–Crippen LogP) is 3.47. The van der Waals surface area contributed by atoms with Gasteiger partial charge >= 0.3 is 11.5 Å². The number of urea groups is 1. The van der Waals surface area contributed by atoms with Crippen LogP contribution in [0.3, 0.4) is 0 Å². The number of imide groups is 1. The van der Waals surface area contributed by atoms with Crippen LogP contribution in [0, 0.1) is 0 Å². The van der Waals surface area contributed by atoms with Crippen molar-refractivity contribution in [3.8, 4) is 0 Å². The summed E-state index contributed by atoms with van der Waals surface area (Å²) in [4.78, 5) is 31.3. The minimum atomic E-state index is -5.55. The van der Waals surface area contributed by atoms with E-state index in [1.165, 1.54) is 11.8 Å². The van der Waals surface area contributed by atoms with E-state index < -0.39 is 38.2 Å². The van der Waals surface area contributed by atoms with Crippen LogP contribution < -0.4 is 10.6 Å². The molecule has 12 heteroatoms. The first kappa shape index (κ1) is 22.5. The molecule has 3 aromatic rings. The highest BCUT2D eigenvalue weighted by molar-refractivity contribution is 7.92. The third-order valence-corrected chi connectivity index (χ3v) is 6.86. The van der Waals surface area contributed by atoms with Crippen LogP contribution in [-0.4, -0.2) is 41.8 Å². The highest BCUT2D eigenvalue weighted by atomic mass is 32.2. The Labute approximate surface area is 186 Å². The number of sulfone groups is 1. The molecule has 1 aromatic heterocycles. The summed E-state index contributed by atoms with van der Waals surface area (Å²) >= 11 is 0. The van der Waals surface area contributed by atoms with Gasteiger partial charge in [-0.15, -0.1) is 0 Å². The topological polar surface area (TPSA) is 114 Å². The number of benzene rings is 2. The summed E-state index contributed by atoms with van der Waals surface area (Å²) in [6.45, 7) is 1.56. The van der Waals surface area contributed by atoms with Gasteiger partial charge in [0.2, 0.25) is 0 Å². The Kier molecular flexibility index (Phi) is 5.27. The van der Waals surface area contributed by atoms with Crippen LogP contribution in [0.5, 0.6) is 0 Å². The van der Waals surface area contributed by atoms with E-state index in [9.17, 15) is 31.2 Å². The van der Waals surface area contributed by atoms with Gasteiger partial charge in [-0.1, -0.05) is 18.2 Å². The largest absolute Gasteiger partial charge is 0.501 e. The van der Waals surface area contributed by atoms with Crippen molar-refractivity contribution in [2.45, 2.75) is 29.9 Å². The summed E-state index contributed by atoms with van der Waals surface area (Å²) in [7, 11) is -5.55. The van der Waals surface area contributed by atoms with Gasteiger partial charge in [-0.2, -0.15) is 13.2 Å². The van der Waals surface area contributed by atoms with E-state index in [0.29, 0.717) is 23.2 Å². The number of carbonyl (C=O) groups excluding carboxylic acids is 2. The second-order valence-electron chi connectivity index (χ2n) is 7.43. The van der Waals surface area contributed by atoms with Gasteiger partial charge in [0.05, 0.1) is 16.1 Å². The molecule has 172 valence electrons. The number of nitrogens with zero attached hydrogens (tertiary/aromatic N) is 3. The van der Waals surface area contributed by atoms with Gasteiger partial charge < -0.3 is 10.6 Å². The van der Waals surface area contributed by atoms with Crippen LogP contribution >= 0.6 is 0 Å². The number of aromatic nitrogens is 1. The molecule has 1 aliphatic heterocycles. The third-order valence-electron chi connectivity index (χ3n) is 5.35. The first-order valence-electron chi connectivity index (χ1n) is 9.62. The number of hydrogen-bond donors (Lipinski definition) is 1. The molecule has 1 unspecified atom stereocenters. The maximum atomic E-state index is 13.1. The quantitative estimate of drug-likeness (QED) is 0.575. The van der Waals surface area contributed by atoms with E-state index in [4.69, 9.17) is 5.73 Å². The number of pyridine rings is 1. The zero-order valence-electron chi connectivity index (χ0n) is 17.1. The number of para-hydroxylation sites is 1. The molecule has 0 bridgehead atoms. The number of nitrogen functional groups attached to an aromatic ring is 1. The third kappa shape index (κ3) is 3.75. The smallest absolute Gasteiger partial charge is 0.384 e. The maximum absolute atomic E-state index is 13.1. The normalized spacial score (nSPS) is 17.3. The van der Waals surface area contributed by atoms with Gasteiger partial charge in [-0.05, 0) is 48.9 Å². The Balaban J connectivity index is 1.65. The average molecular weight is 478 g/mol. The van der Waals surface area contributed by atoms with E-state index in [-0.39, 0.29) is 18.1 Å². The fraction of sp³-hybridized carbons (Fsp3) is 0.190. The standard InChI is InChI=1S/C21H17F3N4O4S/c1-12-19(29)28(14-6-8-15(9-7-14)33(31,32)21(22,23)24)20(30)27(12)11-13-10-18(25)26-17-5-3-2-4-16(13)17/h2-10,12H,11H2,1H3,(H2,25,26). The molecule has 8 nitrogen and oxygen atoms in total. The van der Waals surface area contributed by atoms with Crippen molar-refractivity contribution >= 4 is 44.2 Å². The highest BCUT2D eigenvalue weighted by Gasteiger charge is 2.47. The Hall–Kier alpha value is -3.67. The molecule has 33 heavy (non-hydrogen) atoms. The monoisotopic (exact) mass is 478 g/mol. The molecule has 2 heterocycles. The number of carbonyl (C=O) groups is 2. The number of fused-ring (bicyclic) bond motifs is 1. The number of amides is 3. The van der Waals surface area contributed by atoms with Gasteiger partial charge in [0.15, 0.2) is 0 Å². The molecule has 1 aliphatic rings. The fourth-order valence-corrected chi connectivity index (χ4v) is 4.41. The lowest BCUT2D eigenvalue weighted by Gasteiger charge is -2.20. The summed E-state index contributed by atoms with van der Waals surface area (Å²) < 4.78 is 61.4. The number of halogens is 3. The molecular formula is C21H17F3N4O4S. The van der Waals surface area contributed by atoms with Crippen molar-refractivity contribution in [3.63, 3.8) is 0 Å². The van der Waals surface area contributed by atoms with Crippen molar-refractivity contribution in [2.24, 2.45) is 0 Å². The Morgan fingerprint density at radius 2 is 1.70 bits per heavy atom. The summed E-state index contributed by atoms with van der Waals surface area (Å²) in [5.41, 5.74) is 1.65. The van der Waals surface area contributed by atoms with Crippen molar-refractivity contribution in [1.29, 1.82) is 0 Å². The minimum Gasteiger partial charge on any atom is -0.384 e. The first-order chi connectivity index (χ1) is 15.4. The number of rotatable bonds is 4. The minimum absolute atomic E-state index is 0.0377. The number of hydrogen-bond acceptors (Lipinski definition) is 6. The van der Waals surface area contributed by atoms with E-state index in [2.05, 4.69) is 4.98 Å². The molecule has 0 spiro atoms. The molecule has 1 fully saturated rings. The molecule has 2 aromatic carbocycles. The Morgan fingerprint density at radius 3 is 2.33 bits per heavy atom. The van der Waals surface area contributed by atoms with Crippen LogP contribution in [0.2, 0.25) is 0 Å². The molecule has 1 atom stereocenters. The van der Waals surface area contributed by atoms with E-state index in [0.717, 1.165) is 22.4 Å². The van der Waals surface area contributed by atoms with Crippen LogP contribution in [-0.2, 0) is 21.2 Å². The number of anilines is 2. The molecule has 4 rings (SSSR count). The fourth-order valence-electron chi connectivity index (χ4n) is 3.64. The number of alkyl halides is 3. The van der Waals surface area contributed by atoms with E-state index >= 15 is 0 Å². The highest BCUT2D eigenvalue weighted by Crippen LogP contribution is 2.33. The molecule has 1 saturated heterocycles. The zero-order chi connectivity index (χ0) is 24.1. The van der Waals surface area contributed by atoms with E-state index in [1.54, 1.807) is 24.3 Å². The Morgan fingerprint density at radius 1 is 1.06 bits per heavy atom. The van der Waals surface area contributed by atoms with Gasteiger partial charge in [0.1, 0.15) is 11.9 Å². The maximum Gasteiger partial charge on any atom is 0.501 e. The molecule has 0 saturated carbocycles. The lowest BCUT2D eigenvalue weighted by atomic mass is 10.1. The molecule has 3 amide bonds. The van der Waals surface area contributed by atoms with Crippen LogP contribution in [0.4, 0.5) is 29.5 Å². The molecule has 0 aliphatic carbocycles. The van der Waals surface area contributed by atoms with Crippen molar-refractivity contribution < 1.29 is 31.2 Å². The summed E-state index contributed by atoms with van der Waals surface area (Å²) in [5, 5.41) is 0.749. The summed E-state index contributed by atoms with van der Waals surface area (Å²) in [6.07, 6.45) is 0. The molecule has 0 radical (unpaired) electrons. The van der Waals surface area contributed by atoms with Crippen LogP contribution in [0.15, 0.2) is 59.5 Å². The molecule has 2 N–H and O–H groups in total. The van der Waals surface area contributed by atoms with Crippen molar-refractivity contribution in [1.82, 2.24) is 9.88 Å². The number of nitrogens with two attached hydrogens (primary N) is 1. The van der Waals surface area contributed by atoms with Crippen molar-refractivity contribution in [2.75, 3.05) is 10.6 Å². The summed E-state index contributed by atoms with van der Waals surface area (Å²) in [6, 6.07) is 10.6. The second kappa shape index (κ2) is 7.73. The van der Waals surface area contributed by atoms with Crippen LogP contribution in [0.25, 0.3) is 10.9 Å². The van der Waals surface area contributed by atoms with Gasteiger partial charge in [0, 0.05) is 11.9 Å². The van der Waals surface area contributed by atoms with E-state index in [1.807, 2.05) is 6.07 Å². The average Bonchev–Trinajstić information content (AvgIpc) is 2.96. The SMILES string of the molecule is CC1C(=O)N(c2ccc(S(=O)(=O)C(F)(F)F)cc2)C(=O)N1Cc1cc(N)nc2ccccc12. The second-order valence-corrected chi connectivity index (χ2v) is 9.37. The first-order valence-corrected chi connectivity index (χ1v) is 11.1. The lowest BCUT2D eigenvalue weighted by Crippen LogP contribution is -2.33. The van der Waals surface area contributed by atoms with Gasteiger partial charge in [-0.25, -0.2) is 23.1 Å². The molecular weight excluding hydrogens is 461 g/mol. The zero-order valence-corrected chi connectivity index (χ0v) is 17.9. The Bertz CT molecular complexity index is 1370. The van der Waals surface area contributed by atoms with Gasteiger partial charge in [0.25, 0.3) is 15.7 Å². The summed E-state index contributed by atoms with van der Waals surface area (Å²) in [5.74, 6) is -0.356. The predicted molar refractivity (Wildman–Crippen MR) is 114 cm³/mol. The van der Waals surface area contributed by atoms with Gasteiger partial charge in [-0.3, -0.25) is 4.79 Å².